The molecule has 0 aromatic heterocycles. The number of halogens is 4. The number of benzene rings is 1. The normalized spacial score (nSPS) is 12.9. The van der Waals surface area contributed by atoms with Crippen LogP contribution in [0.15, 0.2) is 23.1 Å². The Kier molecular flexibility index (Phi) is 5.42. The van der Waals surface area contributed by atoms with Crippen molar-refractivity contribution in [2.45, 2.75) is 17.5 Å². The Hall–Kier alpha value is -0.830. The zero-order valence-corrected chi connectivity index (χ0v) is 12.2. The van der Waals surface area contributed by atoms with Gasteiger partial charge in [-0.05, 0) is 31.2 Å². The van der Waals surface area contributed by atoms with Crippen LogP contribution in [0.4, 0.5) is 13.2 Å². The van der Waals surface area contributed by atoms with Crippen molar-refractivity contribution in [3.8, 4) is 0 Å². The minimum absolute atomic E-state index is 0.0404. The van der Waals surface area contributed by atoms with Crippen LogP contribution < -0.4 is 5.73 Å². The van der Waals surface area contributed by atoms with E-state index in [1.807, 2.05) is 0 Å². The molecular formula is C11H14ClF3N2O2S. The van der Waals surface area contributed by atoms with Crippen molar-refractivity contribution in [1.82, 2.24) is 4.31 Å². The van der Waals surface area contributed by atoms with Crippen molar-refractivity contribution in [1.29, 1.82) is 0 Å². The molecule has 0 atom stereocenters. The van der Waals surface area contributed by atoms with E-state index < -0.39 is 26.7 Å². The number of nitrogens with two attached hydrogens (primary N) is 1. The Balaban J connectivity index is 3.32. The molecule has 114 valence electrons. The van der Waals surface area contributed by atoms with Gasteiger partial charge < -0.3 is 5.73 Å². The molecule has 1 aromatic rings. The lowest BCUT2D eigenvalue weighted by atomic mass is 10.2. The van der Waals surface area contributed by atoms with Crippen LogP contribution in [0, 0.1) is 0 Å². The molecule has 9 heteroatoms. The predicted octanol–water partition coefficient (Wildman–Crippen LogP) is 2.33. The number of alkyl halides is 3. The Morgan fingerprint density at radius 1 is 1.35 bits per heavy atom. The summed E-state index contributed by atoms with van der Waals surface area (Å²) in [5.41, 5.74) is 3.99. The first-order valence-electron chi connectivity index (χ1n) is 5.64. The number of rotatable bonds is 5. The van der Waals surface area contributed by atoms with Crippen LogP contribution in [0.5, 0.6) is 0 Å². The summed E-state index contributed by atoms with van der Waals surface area (Å²) in [6.45, 7) is 0.283. The number of hydrogen-bond donors (Lipinski definition) is 1. The molecule has 0 aliphatic heterocycles. The molecule has 0 saturated carbocycles. The van der Waals surface area contributed by atoms with Crippen molar-refractivity contribution in [3.63, 3.8) is 0 Å². The SMILES string of the molecule is CN(CCCN)S(=O)(=O)c1ccc(Cl)cc1C(F)(F)F. The van der Waals surface area contributed by atoms with Gasteiger partial charge in [0.05, 0.1) is 10.5 Å². The number of nitrogens with zero attached hydrogens (tertiary/aromatic N) is 1. The van der Waals surface area contributed by atoms with E-state index in [0.717, 1.165) is 16.4 Å². The molecule has 1 aromatic carbocycles. The average Bonchev–Trinajstić information content (AvgIpc) is 2.34. The first-order valence-corrected chi connectivity index (χ1v) is 7.45. The maximum atomic E-state index is 12.9. The monoisotopic (exact) mass is 330 g/mol. The largest absolute Gasteiger partial charge is 0.417 e. The fourth-order valence-corrected chi connectivity index (χ4v) is 3.12. The van der Waals surface area contributed by atoms with E-state index in [1.165, 1.54) is 7.05 Å². The standard InChI is InChI=1S/C11H14ClF3N2O2S/c1-17(6-2-5-16)20(18,19)10-4-3-8(12)7-9(10)11(13,14)15/h3-4,7H,2,5-6,16H2,1H3. The van der Waals surface area contributed by atoms with Crippen LogP contribution in [0.25, 0.3) is 0 Å². The van der Waals surface area contributed by atoms with Gasteiger partial charge in [-0.15, -0.1) is 0 Å². The second-order valence-electron chi connectivity index (χ2n) is 4.11. The first kappa shape index (κ1) is 17.2. The highest BCUT2D eigenvalue weighted by atomic mass is 35.5. The molecule has 0 aliphatic rings. The van der Waals surface area contributed by atoms with Gasteiger partial charge in [0.25, 0.3) is 0 Å². The van der Waals surface area contributed by atoms with E-state index in [1.54, 1.807) is 0 Å². The Morgan fingerprint density at radius 3 is 2.45 bits per heavy atom. The minimum atomic E-state index is -4.80. The maximum Gasteiger partial charge on any atom is 0.417 e. The van der Waals surface area contributed by atoms with Gasteiger partial charge in [-0.3, -0.25) is 0 Å². The van der Waals surface area contributed by atoms with E-state index in [2.05, 4.69) is 0 Å². The zero-order chi connectivity index (χ0) is 15.6. The Morgan fingerprint density at radius 2 is 1.95 bits per heavy atom. The van der Waals surface area contributed by atoms with E-state index in [-0.39, 0.29) is 18.1 Å². The fraction of sp³-hybridized carbons (Fsp3) is 0.455. The highest BCUT2D eigenvalue weighted by molar-refractivity contribution is 7.89. The predicted molar refractivity (Wildman–Crippen MR) is 69.9 cm³/mol. The third kappa shape index (κ3) is 3.85. The summed E-state index contributed by atoms with van der Waals surface area (Å²) in [7, 11) is -3.03. The van der Waals surface area contributed by atoms with Gasteiger partial charge in [-0.2, -0.15) is 13.2 Å². The molecule has 0 fully saturated rings. The lowest BCUT2D eigenvalue weighted by molar-refractivity contribution is -0.139. The van der Waals surface area contributed by atoms with Gasteiger partial charge in [0.1, 0.15) is 0 Å². The summed E-state index contributed by atoms with van der Waals surface area (Å²) in [6, 6.07) is 2.57. The second kappa shape index (κ2) is 6.30. The molecule has 0 amide bonds. The Labute approximate surface area is 120 Å². The summed E-state index contributed by atoms with van der Waals surface area (Å²) in [4.78, 5) is -0.811. The maximum absolute atomic E-state index is 12.9. The van der Waals surface area contributed by atoms with Crippen LogP contribution >= 0.6 is 11.6 Å². The molecule has 0 bridgehead atoms. The smallest absolute Gasteiger partial charge is 0.330 e. The first-order chi connectivity index (χ1) is 9.10. The summed E-state index contributed by atoms with van der Waals surface area (Å²) >= 11 is 5.51. The molecular weight excluding hydrogens is 317 g/mol. The van der Waals surface area contributed by atoms with Crippen LogP contribution in [-0.2, 0) is 16.2 Å². The van der Waals surface area contributed by atoms with Gasteiger partial charge in [0, 0.05) is 18.6 Å². The van der Waals surface area contributed by atoms with Gasteiger partial charge in [0.15, 0.2) is 0 Å². The van der Waals surface area contributed by atoms with Crippen molar-refractivity contribution in [3.05, 3.63) is 28.8 Å². The highest BCUT2D eigenvalue weighted by Crippen LogP contribution is 2.36. The number of hydrogen-bond acceptors (Lipinski definition) is 3. The van der Waals surface area contributed by atoms with E-state index in [0.29, 0.717) is 12.5 Å². The summed E-state index contributed by atoms with van der Waals surface area (Å²) in [5.74, 6) is 0. The van der Waals surface area contributed by atoms with E-state index >= 15 is 0 Å². The van der Waals surface area contributed by atoms with Gasteiger partial charge in [-0.25, -0.2) is 12.7 Å². The molecule has 0 spiro atoms. The van der Waals surface area contributed by atoms with Crippen molar-refractivity contribution in [2.24, 2.45) is 5.73 Å². The van der Waals surface area contributed by atoms with Crippen molar-refractivity contribution >= 4 is 21.6 Å². The van der Waals surface area contributed by atoms with Crippen molar-refractivity contribution < 1.29 is 21.6 Å². The van der Waals surface area contributed by atoms with Gasteiger partial charge >= 0.3 is 6.18 Å². The second-order valence-corrected chi connectivity index (χ2v) is 6.56. The molecule has 0 unspecified atom stereocenters. The molecule has 0 saturated heterocycles. The van der Waals surface area contributed by atoms with Crippen LogP contribution in [0.2, 0.25) is 5.02 Å². The summed E-state index contributed by atoms with van der Waals surface area (Å²) < 4.78 is 63.9. The van der Waals surface area contributed by atoms with Crippen molar-refractivity contribution in [2.75, 3.05) is 20.1 Å². The summed E-state index contributed by atoms with van der Waals surface area (Å²) in [6.07, 6.45) is -4.45. The molecule has 0 aliphatic carbocycles. The fourth-order valence-electron chi connectivity index (χ4n) is 1.55. The summed E-state index contributed by atoms with van der Waals surface area (Å²) in [5, 5.41) is -0.180. The lowest BCUT2D eigenvalue weighted by Gasteiger charge is -2.20. The topological polar surface area (TPSA) is 63.4 Å². The van der Waals surface area contributed by atoms with E-state index in [9.17, 15) is 21.6 Å². The minimum Gasteiger partial charge on any atom is -0.330 e. The van der Waals surface area contributed by atoms with Crippen LogP contribution in [0.1, 0.15) is 12.0 Å². The third-order valence-corrected chi connectivity index (χ3v) is 4.76. The van der Waals surface area contributed by atoms with Crippen LogP contribution in [0.3, 0.4) is 0 Å². The highest BCUT2D eigenvalue weighted by Gasteiger charge is 2.38. The molecule has 1 rings (SSSR count). The molecule has 20 heavy (non-hydrogen) atoms. The van der Waals surface area contributed by atoms with Crippen LogP contribution in [-0.4, -0.2) is 32.9 Å². The number of sulfonamides is 1. The molecule has 4 nitrogen and oxygen atoms in total. The third-order valence-electron chi connectivity index (χ3n) is 2.61. The van der Waals surface area contributed by atoms with E-state index in [4.69, 9.17) is 17.3 Å². The Bertz CT molecular complexity index is 576. The zero-order valence-electron chi connectivity index (χ0n) is 10.6. The molecule has 2 N–H and O–H groups in total. The quantitative estimate of drug-likeness (QED) is 0.901. The molecule has 0 heterocycles. The lowest BCUT2D eigenvalue weighted by Crippen LogP contribution is -2.30. The average molecular weight is 331 g/mol. The van der Waals surface area contributed by atoms with Gasteiger partial charge in [-0.1, -0.05) is 11.6 Å². The van der Waals surface area contributed by atoms with Gasteiger partial charge in [0.2, 0.25) is 10.0 Å². The molecule has 0 radical (unpaired) electrons.